The number of carbonyl (C=O) groups excluding carboxylic acids is 1. The van der Waals surface area contributed by atoms with Crippen LogP contribution in [0, 0.1) is 5.92 Å². The maximum Gasteiger partial charge on any atom is 0.243 e. The largest absolute Gasteiger partial charge is 0.356 e. The lowest BCUT2D eigenvalue weighted by Gasteiger charge is -2.37. The smallest absolute Gasteiger partial charge is 0.243 e. The van der Waals surface area contributed by atoms with Gasteiger partial charge in [0.25, 0.3) is 0 Å². The van der Waals surface area contributed by atoms with Gasteiger partial charge in [-0.05, 0) is 73.6 Å². The van der Waals surface area contributed by atoms with E-state index in [-0.39, 0.29) is 11.8 Å². The summed E-state index contributed by atoms with van der Waals surface area (Å²) >= 11 is 0. The SMILES string of the molecule is O=C([C@@H]1CCCN(c2ccc3cc(S(=O)(=O)N4CCCC4)ccc3n2)C1)N1CCc2ccccc2C1. The van der Waals surface area contributed by atoms with Gasteiger partial charge in [-0.1, -0.05) is 24.3 Å². The first-order chi connectivity index (χ1) is 17.5. The van der Waals surface area contributed by atoms with Crippen molar-refractivity contribution in [1.29, 1.82) is 0 Å². The average Bonchev–Trinajstić information content (AvgIpc) is 3.48. The zero-order chi connectivity index (χ0) is 24.7. The van der Waals surface area contributed by atoms with Gasteiger partial charge in [-0.15, -0.1) is 0 Å². The van der Waals surface area contributed by atoms with Gasteiger partial charge in [-0.2, -0.15) is 4.31 Å². The number of fused-ring (bicyclic) bond motifs is 2. The highest BCUT2D eigenvalue weighted by Gasteiger charge is 2.32. The first-order valence-electron chi connectivity index (χ1n) is 13.0. The molecular weight excluding hydrogens is 472 g/mol. The zero-order valence-electron chi connectivity index (χ0n) is 20.5. The molecule has 3 aliphatic rings. The van der Waals surface area contributed by atoms with E-state index >= 15 is 0 Å². The topological polar surface area (TPSA) is 73.8 Å². The minimum atomic E-state index is -3.45. The first-order valence-corrected chi connectivity index (χ1v) is 14.4. The number of aromatic nitrogens is 1. The Morgan fingerprint density at radius 3 is 2.53 bits per heavy atom. The Kier molecular flexibility index (Phi) is 6.17. The summed E-state index contributed by atoms with van der Waals surface area (Å²) in [6.45, 7) is 4.20. The molecule has 2 fully saturated rings. The van der Waals surface area contributed by atoms with Crippen LogP contribution < -0.4 is 4.90 Å². The van der Waals surface area contributed by atoms with Crippen LogP contribution >= 0.6 is 0 Å². The molecule has 0 bridgehead atoms. The summed E-state index contributed by atoms with van der Waals surface area (Å²) in [4.78, 5) is 22.8. The van der Waals surface area contributed by atoms with E-state index in [0.717, 1.165) is 61.9 Å². The summed E-state index contributed by atoms with van der Waals surface area (Å²) in [7, 11) is -3.45. The molecule has 0 saturated carbocycles. The molecule has 0 unspecified atom stereocenters. The van der Waals surface area contributed by atoms with Gasteiger partial charge in [-0.25, -0.2) is 13.4 Å². The number of pyridine rings is 1. The second-order valence-corrected chi connectivity index (χ2v) is 12.1. The normalized spacial score (nSPS) is 21.1. The van der Waals surface area contributed by atoms with E-state index in [9.17, 15) is 13.2 Å². The highest BCUT2D eigenvalue weighted by Crippen LogP contribution is 2.29. The summed E-state index contributed by atoms with van der Waals surface area (Å²) in [5.41, 5.74) is 3.38. The molecule has 0 aliphatic carbocycles. The van der Waals surface area contributed by atoms with E-state index in [2.05, 4.69) is 23.1 Å². The predicted molar refractivity (Wildman–Crippen MR) is 140 cm³/mol. The molecule has 0 radical (unpaired) electrons. The number of carbonyl (C=O) groups is 1. The number of nitrogens with zero attached hydrogens (tertiary/aromatic N) is 4. The average molecular weight is 505 g/mol. The summed E-state index contributed by atoms with van der Waals surface area (Å²) in [5.74, 6) is 1.06. The third-order valence-electron chi connectivity index (χ3n) is 7.89. The molecule has 6 rings (SSSR count). The Hall–Kier alpha value is -2.97. The maximum atomic E-state index is 13.4. The summed E-state index contributed by atoms with van der Waals surface area (Å²) in [5, 5.41) is 0.815. The van der Waals surface area contributed by atoms with Gasteiger partial charge in [0, 0.05) is 44.7 Å². The molecule has 188 valence electrons. The van der Waals surface area contributed by atoms with Crippen LogP contribution in [0.3, 0.4) is 0 Å². The summed E-state index contributed by atoms with van der Waals surface area (Å²) in [6.07, 6.45) is 4.61. The molecule has 0 N–H and O–H groups in total. The highest BCUT2D eigenvalue weighted by atomic mass is 32.2. The van der Waals surface area contributed by atoms with Crippen molar-refractivity contribution < 1.29 is 13.2 Å². The molecule has 1 amide bonds. The number of piperidine rings is 1. The lowest BCUT2D eigenvalue weighted by Crippen LogP contribution is -2.46. The molecule has 2 saturated heterocycles. The van der Waals surface area contributed by atoms with E-state index in [4.69, 9.17) is 4.98 Å². The van der Waals surface area contributed by atoms with Crippen molar-refractivity contribution in [3.05, 3.63) is 65.7 Å². The van der Waals surface area contributed by atoms with Crippen molar-refractivity contribution in [3.63, 3.8) is 0 Å². The lowest BCUT2D eigenvalue weighted by molar-refractivity contribution is -0.136. The van der Waals surface area contributed by atoms with Crippen molar-refractivity contribution in [2.75, 3.05) is 37.6 Å². The van der Waals surface area contributed by atoms with Crippen LogP contribution in [-0.2, 0) is 27.8 Å². The van der Waals surface area contributed by atoms with Crippen LogP contribution in [-0.4, -0.2) is 61.2 Å². The molecule has 36 heavy (non-hydrogen) atoms. The number of anilines is 1. The molecule has 1 atom stereocenters. The van der Waals surface area contributed by atoms with Crippen molar-refractivity contribution in [3.8, 4) is 0 Å². The van der Waals surface area contributed by atoms with Crippen LogP contribution in [0.2, 0.25) is 0 Å². The van der Waals surface area contributed by atoms with E-state index in [1.165, 1.54) is 11.1 Å². The van der Waals surface area contributed by atoms with Crippen molar-refractivity contribution >= 4 is 32.7 Å². The Bertz CT molecular complexity index is 1400. The molecule has 2 aromatic carbocycles. The van der Waals surface area contributed by atoms with Gasteiger partial charge in [0.2, 0.25) is 15.9 Å². The molecule has 0 spiro atoms. The Labute approximate surface area is 212 Å². The molecule has 8 heteroatoms. The van der Waals surface area contributed by atoms with Crippen molar-refractivity contribution in [2.24, 2.45) is 5.92 Å². The quantitative estimate of drug-likeness (QED) is 0.540. The van der Waals surface area contributed by atoms with Gasteiger partial charge in [0.05, 0.1) is 16.3 Å². The minimum Gasteiger partial charge on any atom is -0.356 e. The molecule has 1 aromatic heterocycles. The number of hydrogen-bond donors (Lipinski definition) is 0. The third-order valence-corrected chi connectivity index (χ3v) is 9.78. The van der Waals surface area contributed by atoms with E-state index < -0.39 is 10.0 Å². The zero-order valence-corrected chi connectivity index (χ0v) is 21.3. The van der Waals surface area contributed by atoms with E-state index in [0.29, 0.717) is 31.1 Å². The molecule has 7 nitrogen and oxygen atoms in total. The highest BCUT2D eigenvalue weighted by molar-refractivity contribution is 7.89. The van der Waals surface area contributed by atoms with Gasteiger partial charge in [0.15, 0.2) is 0 Å². The van der Waals surface area contributed by atoms with Gasteiger partial charge in [-0.3, -0.25) is 4.79 Å². The monoisotopic (exact) mass is 504 g/mol. The molecule has 4 heterocycles. The van der Waals surface area contributed by atoms with Gasteiger partial charge < -0.3 is 9.80 Å². The van der Waals surface area contributed by atoms with Crippen LogP contribution in [0.1, 0.15) is 36.8 Å². The van der Waals surface area contributed by atoms with Gasteiger partial charge >= 0.3 is 0 Å². The second kappa shape index (κ2) is 9.48. The predicted octanol–water partition coefficient (Wildman–Crippen LogP) is 3.82. The van der Waals surface area contributed by atoms with Crippen LogP contribution in [0.4, 0.5) is 5.82 Å². The fourth-order valence-electron chi connectivity index (χ4n) is 5.84. The number of sulfonamides is 1. The maximum absolute atomic E-state index is 13.4. The third kappa shape index (κ3) is 4.37. The van der Waals surface area contributed by atoms with E-state index in [1.807, 2.05) is 23.1 Å². The van der Waals surface area contributed by atoms with Crippen molar-refractivity contribution in [1.82, 2.24) is 14.2 Å². The van der Waals surface area contributed by atoms with Crippen LogP contribution in [0.25, 0.3) is 10.9 Å². The second-order valence-electron chi connectivity index (χ2n) is 10.2. The Morgan fingerprint density at radius 2 is 1.69 bits per heavy atom. The van der Waals surface area contributed by atoms with E-state index in [1.54, 1.807) is 22.5 Å². The number of rotatable bonds is 4. The Morgan fingerprint density at radius 1 is 0.889 bits per heavy atom. The first kappa shape index (κ1) is 23.4. The summed E-state index contributed by atoms with van der Waals surface area (Å²) < 4.78 is 27.5. The van der Waals surface area contributed by atoms with Crippen LogP contribution in [0.5, 0.6) is 0 Å². The number of amides is 1. The fourth-order valence-corrected chi connectivity index (χ4v) is 7.39. The molecule has 3 aliphatic heterocycles. The lowest BCUT2D eigenvalue weighted by atomic mass is 9.94. The number of hydrogen-bond acceptors (Lipinski definition) is 5. The molecule has 3 aromatic rings. The Balaban J connectivity index is 1.18. The van der Waals surface area contributed by atoms with Crippen LogP contribution in [0.15, 0.2) is 59.5 Å². The molecular formula is C28H32N4O3S. The standard InChI is InChI=1S/C28H32N4O3S/c33-28(31-17-13-21-6-1-2-7-23(21)19-31)24-8-5-14-30(20-24)27-12-9-22-18-25(10-11-26(22)29-27)36(34,35)32-15-3-4-16-32/h1-2,6-7,9-12,18,24H,3-5,8,13-17,19-20H2/t24-/m1/s1. The number of benzene rings is 2. The van der Waals surface area contributed by atoms with Crippen molar-refractivity contribution in [2.45, 2.75) is 43.5 Å². The summed E-state index contributed by atoms with van der Waals surface area (Å²) in [6, 6.07) is 17.5. The fraction of sp³-hybridized carbons (Fsp3) is 0.429. The minimum absolute atomic E-state index is 0.0329. The van der Waals surface area contributed by atoms with Gasteiger partial charge in [0.1, 0.15) is 5.82 Å².